The molecule has 4 rings (SSSR count). The molecule has 0 atom stereocenters. The molecule has 0 bridgehead atoms. The minimum atomic E-state index is -1.42. The first-order valence-electron chi connectivity index (χ1n) is 8.05. The van der Waals surface area contributed by atoms with Crippen molar-refractivity contribution in [3.63, 3.8) is 0 Å². The van der Waals surface area contributed by atoms with Crippen molar-refractivity contribution in [2.75, 3.05) is 5.32 Å². The second-order valence-electron chi connectivity index (χ2n) is 6.18. The molecular formula is C20H13B2NO3. The van der Waals surface area contributed by atoms with Crippen molar-refractivity contribution in [2.24, 2.45) is 0 Å². The van der Waals surface area contributed by atoms with Crippen molar-refractivity contribution in [1.82, 2.24) is 0 Å². The summed E-state index contributed by atoms with van der Waals surface area (Å²) in [4.78, 5) is 12.5. The van der Waals surface area contributed by atoms with Crippen molar-refractivity contribution in [3.05, 3.63) is 71.8 Å². The number of ether oxygens (including phenoxy) is 1. The van der Waals surface area contributed by atoms with Gasteiger partial charge in [-0.3, -0.25) is 4.79 Å². The molecule has 4 radical (unpaired) electrons. The summed E-state index contributed by atoms with van der Waals surface area (Å²) >= 11 is 0. The number of carbonyl (C=O) groups is 1. The Morgan fingerprint density at radius 3 is 2.62 bits per heavy atom. The number of para-hydroxylation sites is 1. The van der Waals surface area contributed by atoms with Gasteiger partial charge in [0, 0.05) is 22.0 Å². The second-order valence-corrected chi connectivity index (χ2v) is 6.18. The highest BCUT2D eigenvalue weighted by Crippen LogP contribution is 2.38. The number of fused-ring (bicyclic) bond motifs is 3. The third kappa shape index (κ3) is 2.94. The lowest BCUT2D eigenvalue weighted by molar-refractivity contribution is 0.102. The Bertz CT molecular complexity index is 1050. The Morgan fingerprint density at radius 1 is 1.08 bits per heavy atom. The van der Waals surface area contributed by atoms with E-state index in [1.165, 1.54) is 6.07 Å². The molecule has 122 valence electrons. The van der Waals surface area contributed by atoms with E-state index in [4.69, 9.17) is 20.4 Å². The number of amides is 1. The Kier molecular flexibility index (Phi) is 3.76. The summed E-state index contributed by atoms with van der Waals surface area (Å²) in [6.45, 7) is 0. The zero-order chi connectivity index (χ0) is 18.3. The van der Waals surface area contributed by atoms with Crippen LogP contribution in [-0.2, 0) is 0 Å². The van der Waals surface area contributed by atoms with Gasteiger partial charge in [0.1, 0.15) is 27.2 Å². The van der Waals surface area contributed by atoms with Crippen molar-refractivity contribution in [3.8, 4) is 11.5 Å². The van der Waals surface area contributed by atoms with Crippen LogP contribution < -0.4 is 10.1 Å². The SMILES string of the molecule is [B]C1([B])C=Cc2ccc3cc(C(=O)Nc4ccccc4)c(O)cc3c2O1. The molecule has 3 aromatic rings. The van der Waals surface area contributed by atoms with Gasteiger partial charge in [-0.1, -0.05) is 42.5 Å². The zero-order valence-electron chi connectivity index (χ0n) is 13.8. The van der Waals surface area contributed by atoms with Gasteiger partial charge in [-0.05, 0) is 29.7 Å². The molecule has 0 saturated heterocycles. The van der Waals surface area contributed by atoms with E-state index in [-0.39, 0.29) is 11.3 Å². The van der Waals surface area contributed by atoms with Gasteiger partial charge in [0.05, 0.1) is 5.56 Å². The molecule has 0 unspecified atom stereocenters. The molecule has 0 spiro atoms. The van der Waals surface area contributed by atoms with E-state index in [1.54, 1.807) is 30.4 Å². The highest BCUT2D eigenvalue weighted by molar-refractivity contribution is 6.41. The number of hydrogen-bond acceptors (Lipinski definition) is 3. The molecule has 1 amide bonds. The summed E-state index contributed by atoms with van der Waals surface area (Å²) in [6, 6.07) is 15.8. The average molecular weight is 337 g/mol. The van der Waals surface area contributed by atoms with E-state index in [1.807, 2.05) is 30.3 Å². The minimum absolute atomic E-state index is 0.155. The van der Waals surface area contributed by atoms with Crippen molar-refractivity contribution < 1.29 is 14.6 Å². The largest absolute Gasteiger partial charge is 0.507 e. The molecule has 1 aliphatic rings. The van der Waals surface area contributed by atoms with Crippen LogP contribution in [0, 0.1) is 0 Å². The highest BCUT2D eigenvalue weighted by atomic mass is 16.5. The van der Waals surface area contributed by atoms with E-state index in [0.29, 0.717) is 16.8 Å². The minimum Gasteiger partial charge on any atom is -0.507 e. The topological polar surface area (TPSA) is 58.6 Å². The van der Waals surface area contributed by atoms with Gasteiger partial charge in [0.25, 0.3) is 5.91 Å². The van der Waals surface area contributed by atoms with E-state index >= 15 is 0 Å². The molecule has 2 N–H and O–H groups in total. The van der Waals surface area contributed by atoms with Gasteiger partial charge in [0.2, 0.25) is 0 Å². The van der Waals surface area contributed by atoms with Gasteiger partial charge in [0.15, 0.2) is 0 Å². The third-order valence-corrected chi connectivity index (χ3v) is 4.20. The molecule has 1 aliphatic heterocycles. The van der Waals surface area contributed by atoms with Crippen LogP contribution >= 0.6 is 0 Å². The zero-order valence-corrected chi connectivity index (χ0v) is 13.8. The molecule has 0 aliphatic carbocycles. The van der Waals surface area contributed by atoms with Gasteiger partial charge in [-0.25, -0.2) is 0 Å². The summed E-state index contributed by atoms with van der Waals surface area (Å²) in [6.07, 6.45) is 3.33. The summed E-state index contributed by atoms with van der Waals surface area (Å²) in [5, 5.41) is 13.1. The molecular weight excluding hydrogens is 324 g/mol. The normalized spacial score (nSPS) is 14.5. The average Bonchev–Trinajstić information content (AvgIpc) is 2.61. The molecule has 6 heteroatoms. The smallest absolute Gasteiger partial charge is 0.259 e. The van der Waals surface area contributed by atoms with Crippen molar-refractivity contribution in [1.29, 1.82) is 0 Å². The number of carbonyl (C=O) groups excluding carboxylic acids is 1. The van der Waals surface area contributed by atoms with Crippen LogP contribution in [0.5, 0.6) is 11.5 Å². The number of phenols is 1. The summed E-state index contributed by atoms with van der Waals surface area (Å²) < 4.78 is 5.64. The number of nitrogens with one attached hydrogen (secondary N) is 1. The quantitative estimate of drug-likeness (QED) is 0.706. The molecule has 26 heavy (non-hydrogen) atoms. The van der Waals surface area contributed by atoms with E-state index in [2.05, 4.69) is 5.32 Å². The maximum atomic E-state index is 12.5. The maximum absolute atomic E-state index is 12.5. The number of phenolic OH excluding ortho intramolecular Hbond substituents is 1. The summed E-state index contributed by atoms with van der Waals surface area (Å²) in [7, 11) is 11.7. The molecule has 1 heterocycles. The van der Waals surface area contributed by atoms with Crippen molar-refractivity contribution in [2.45, 2.75) is 5.40 Å². The van der Waals surface area contributed by atoms with Gasteiger partial charge < -0.3 is 15.2 Å². The van der Waals surface area contributed by atoms with Crippen LogP contribution in [0.3, 0.4) is 0 Å². The third-order valence-electron chi connectivity index (χ3n) is 4.20. The van der Waals surface area contributed by atoms with E-state index in [9.17, 15) is 9.90 Å². The molecule has 0 fully saturated rings. The number of benzene rings is 3. The van der Waals surface area contributed by atoms with Crippen LogP contribution in [0.1, 0.15) is 15.9 Å². The predicted molar refractivity (Wildman–Crippen MR) is 104 cm³/mol. The summed E-state index contributed by atoms with van der Waals surface area (Å²) in [5.74, 6) is -0.0847. The fourth-order valence-corrected chi connectivity index (χ4v) is 2.93. The Morgan fingerprint density at radius 2 is 1.85 bits per heavy atom. The fourth-order valence-electron chi connectivity index (χ4n) is 2.93. The maximum Gasteiger partial charge on any atom is 0.259 e. The van der Waals surface area contributed by atoms with Crippen molar-refractivity contribution >= 4 is 44.1 Å². The van der Waals surface area contributed by atoms with E-state index in [0.717, 1.165) is 10.9 Å². The Labute approximate surface area is 153 Å². The van der Waals surface area contributed by atoms with Crippen LogP contribution in [0.15, 0.2) is 60.7 Å². The Balaban J connectivity index is 1.76. The van der Waals surface area contributed by atoms with Gasteiger partial charge in [-0.2, -0.15) is 0 Å². The molecule has 3 aromatic carbocycles. The lowest BCUT2D eigenvalue weighted by atomic mass is 9.64. The second kappa shape index (κ2) is 5.99. The monoisotopic (exact) mass is 337 g/mol. The van der Waals surface area contributed by atoms with Gasteiger partial charge in [-0.15, -0.1) is 0 Å². The highest BCUT2D eigenvalue weighted by Gasteiger charge is 2.23. The lowest BCUT2D eigenvalue weighted by Crippen LogP contribution is -2.36. The first-order valence-corrected chi connectivity index (χ1v) is 8.05. The van der Waals surface area contributed by atoms with Crippen LogP contribution in [0.4, 0.5) is 5.69 Å². The first kappa shape index (κ1) is 16.3. The van der Waals surface area contributed by atoms with Crippen LogP contribution in [0.2, 0.25) is 0 Å². The number of rotatable bonds is 2. The van der Waals surface area contributed by atoms with Crippen LogP contribution in [-0.4, -0.2) is 32.1 Å². The van der Waals surface area contributed by atoms with Gasteiger partial charge >= 0.3 is 0 Å². The summed E-state index contributed by atoms with van der Waals surface area (Å²) in [5.41, 5.74) is 1.61. The number of anilines is 1. The van der Waals surface area contributed by atoms with Crippen LogP contribution in [0.25, 0.3) is 16.8 Å². The molecule has 0 saturated carbocycles. The standard InChI is InChI=1S/C20H13B2NO3/c21-20(22)9-8-12-6-7-13-10-16(17(24)11-15(13)18(12)26-20)19(25)23-14-4-2-1-3-5-14/h1-11,24H,(H,23,25). The predicted octanol–water partition coefficient (Wildman–Crippen LogP) is 3.19. The first-order chi connectivity index (χ1) is 12.4. The number of hydrogen-bond donors (Lipinski definition) is 2. The molecule has 0 aromatic heterocycles. The lowest BCUT2D eigenvalue weighted by Gasteiger charge is -2.30. The van der Waals surface area contributed by atoms with E-state index < -0.39 is 11.3 Å². The number of aromatic hydroxyl groups is 1. The Hall–Kier alpha value is -3.14. The molecule has 4 nitrogen and oxygen atoms in total. The fraction of sp³-hybridized carbons (Fsp3) is 0.0500.